The predicted molar refractivity (Wildman–Crippen MR) is 149 cm³/mol. The van der Waals surface area contributed by atoms with Crippen molar-refractivity contribution in [2.75, 3.05) is 13.2 Å². The van der Waals surface area contributed by atoms with Crippen molar-refractivity contribution < 1.29 is 19.1 Å². The van der Waals surface area contributed by atoms with Gasteiger partial charge < -0.3 is 19.4 Å². The largest absolute Gasteiger partial charge is 0.461 e. The summed E-state index contributed by atoms with van der Waals surface area (Å²) in [6.45, 7) is 4.15. The number of aromatic nitrogens is 2. The van der Waals surface area contributed by atoms with Gasteiger partial charge in [-0.1, -0.05) is 72.8 Å². The summed E-state index contributed by atoms with van der Waals surface area (Å²) in [5, 5.41) is 3.23. The number of nitrogens with zero attached hydrogens (tertiary/aromatic N) is 2. The van der Waals surface area contributed by atoms with Crippen molar-refractivity contribution in [2.45, 2.75) is 13.8 Å². The topological polar surface area (TPSA) is 109 Å². The first-order valence-corrected chi connectivity index (χ1v) is 12.3. The minimum Gasteiger partial charge on any atom is -0.461 e. The number of fused-ring (bicyclic) bond motifs is 2. The molecular weight excluding hydrogens is 480 g/mol. The van der Waals surface area contributed by atoms with Crippen LogP contribution in [-0.2, 0) is 9.47 Å². The molecule has 0 amide bonds. The lowest BCUT2D eigenvalue weighted by Crippen LogP contribution is -2.05. The molecule has 0 saturated carbocycles. The van der Waals surface area contributed by atoms with Crippen LogP contribution in [0.25, 0.3) is 21.5 Å². The summed E-state index contributed by atoms with van der Waals surface area (Å²) < 4.78 is 10.3. The molecule has 8 heteroatoms. The molecule has 0 fully saturated rings. The van der Waals surface area contributed by atoms with E-state index in [2.05, 4.69) is 20.0 Å². The molecule has 0 aliphatic heterocycles. The van der Waals surface area contributed by atoms with Crippen molar-refractivity contribution in [2.24, 2.45) is 9.98 Å². The molecule has 2 aromatic heterocycles. The number of ether oxygens (including phenoxy) is 2. The molecule has 8 nitrogen and oxygen atoms in total. The van der Waals surface area contributed by atoms with Crippen molar-refractivity contribution in [1.82, 2.24) is 9.97 Å². The van der Waals surface area contributed by atoms with Gasteiger partial charge in [-0.25, -0.2) is 19.6 Å². The van der Waals surface area contributed by atoms with Crippen LogP contribution in [0.5, 0.6) is 0 Å². The highest BCUT2D eigenvalue weighted by Crippen LogP contribution is 2.30. The third-order valence-corrected chi connectivity index (χ3v) is 5.97. The van der Waals surface area contributed by atoms with Gasteiger partial charge in [-0.2, -0.15) is 0 Å². The van der Waals surface area contributed by atoms with Crippen LogP contribution in [0.4, 0.5) is 11.6 Å². The Kier molecular flexibility index (Phi) is 7.13. The molecule has 0 saturated heterocycles. The van der Waals surface area contributed by atoms with Crippen molar-refractivity contribution in [3.8, 4) is 0 Å². The summed E-state index contributed by atoms with van der Waals surface area (Å²) in [5.74, 6) is 0.367. The molecule has 0 spiro atoms. The van der Waals surface area contributed by atoms with Gasteiger partial charge in [0.2, 0.25) is 0 Å². The zero-order chi connectivity index (χ0) is 26.5. The monoisotopic (exact) mass is 506 g/mol. The van der Waals surface area contributed by atoms with Crippen molar-refractivity contribution in [3.05, 3.63) is 95.3 Å². The number of carbonyl (C=O) groups excluding carboxylic acids is 2. The number of esters is 2. The zero-order valence-corrected chi connectivity index (χ0v) is 21.0. The Bertz CT molecular complexity index is 1550. The lowest BCUT2D eigenvalue weighted by molar-refractivity contribution is 0.0513. The molecular formula is C30H26N4O4. The lowest BCUT2D eigenvalue weighted by Gasteiger charge is -1.99. The van der Waals surface area contributed by atoms with Gasteiger partial charge in [0.05, 0.1) is 13.2 Å². The summed E-state index contributed by atoms with van der Waals surface area (Å²) in [5.41, 5.74) is 2.55. The first kappa shape index (κ1) is 24.7. The molecule has 38 heavy (non-hydrogen) atoms. The van der Waals surface area contributed by atoms with Gasteiger partial charge in [0.15, 0.2) is 0 Å². The molecule has 0 radical (unpaired) electrons. The van der Waals surface area contributed by atoms with E-state index in [0.717, 1.165) is 32.7 Å². The number of rotatable bonds is 8. The molecule has 5 rings (SSSR count). The molecule has 0 aliphatic rings. The normalized spacial score (nSPS) is 11.6. The highest BCUT2D eigenvalue weighted by molar-refractivity contribution is 6.09. The number of benzene rings is 3. The fourth-order valence-electron chi connectivity index (χ4n) is 4.20. The third-order valence-electron chi connectivity index (χ3n) is 5.97. The quantitative estimate of drug-likeness (QED) is 0.185. The van der Waals surface area contributed by atoms with Gasteiger partial charge in [-0.05, 0) is 25.0 Å². The number of H-pyrrole nitrogens is 2. The Morgan fingerprint density at radius 1 is 0.632 bits per heavy atom. The lowest BCUT2D eigenvalue weighted by atomic mass is 10.1. The van der Waals surface area contributed by atoms with E-state index < -0.39 is 11.9 Å². The fraction of sp³-hybridized carbons (Fsp3) is 0.133. The summed E-state index contributed by atoms with van der Waals surface area (Å²) in [7, 11) is 0. The first-order valence-electron chi connectivity index (χ1n) is 12.3. The second-order valence-corrected chi connectivity index (χ2v) is 8.41. The smallest absolute Gasteiger partial charge is 0.355 e. The maximum absolute atomic E-state index is 12.3. The molecule has 2 heterocycles. The van der Waals surface area contributed by atoms with Gasteiger partial charge >= 0.3 is 11.9 Å². The number of carbonyl (C=O) groups is 2. The van der Waals surface area contributed by atoms with Crippen LogP contribution in [0.2, 0.25) is 0 Å². The first-order chi connectivity index (χ1) is 18.6. The van der Waals surface area contributed by atoms with E-state index in [1.54, 1.807) is 26.3 Å². The van der Waals surface area contributed by atoms with Crippen LogP contribution >= 0.6 is 0 Å². The van der Waals surface area contributed by atoms with E-state index in [-0.39, 0.29) is 0 Å². The van der Waals surface area contributed by atoms with Gasteiger partial charge in [-0.15, -0.1) is 0 Å². The van der Waals surface area contributed by atoms with E-state index >= 15 is 0 Å². The van der Waals surface area contributed by atoms with Crippen molar-refractivity contribution in [3.63, 3.8) is 0 Å². The fourth-order valence-corrected chi connectivity index (χ4v) is 4.20. The number of hydrogen-bond acceptors (Lipinski definition) is 6. The van der Waals surface area contributed by atoms with E-state index in [0.29, 0.717) is 36.2 Å². The van der Waals surface area contributed by atoms with Crippen LogP contribution < -0.4 is 0 Å². The predicted octanol–water partition coefficient (Wildman–Crippen LogP) is 6.50. The second-order valence-electron chi connectivity index (χ2n) is 8.41. The van der Waals surface area contributed by atoms with E-state index in [9.17, 15) is 9.59 Å². The highest BCUT2D eigenvalue weighted by Gasteiger charge is 2.17. The second kappa shape index (κ2) is 11.0. The zero-order valence-electron chi connectivity index (χ0n) is 21.0. The number of aromatic amines is 2. The van der Waals surface area contributed by atoms with Crippen LogP contribution in [0.1, 0.15) is 46.0 Å². The molecule has 2 N–H and O–H groups in total. The van der Waals surface area contributed by atoms with Gasteiger partial charge in [0, 0.05) is 34.0 Å². The Balaban J connectivity index is 1.36. The van der Waals surface area contributed by atoms with Crippen molar-refractivity contribution in [1.29, 1.82) is 0 Å². The average molecular weight is 507 g/mol. The number of nitrogens with one attached hydrogen (secondary N) is 2. The maximum Gasteiger partial charge on any atom is 0.355 e. The average Bonchev–Trinajstić information content (AvgIpc) is 3.51. The van der Waals surface area contributed by atoms with Gasteiger partial charge in [0.25, 0.3) is 0 Å². The maximum atomic E-state index is 12.3. The van der Waals surface area contributed by atoms with E-state index in [1.807, 2.05) is 72.8 Å². The van der Waals surface area contributed by atoms with Crippen molar-refractivity contribution >= 4 is 57.5 Å². The SMILES string of the molecule is CCOC(=O)c1[nH]c(/N=C/c2ccc(/C=N/c3[nH]c(C(=O)OCC)c4ccccc34)cc2)c2ccccc12. The number of aliphatic imine (C=N–C) groups is 2. The minimum absolute atomic E-state index is 0.299. The molecule has 0 unspecified atom stereocenters. The summed E-state index contributed by atoms with van der Waals surface area (Å²) in [6, 6.07) is 22.8. The third kappa shape index (κ3) is 4.97. The Morgan fingerprint density at radius 2 is 1.00 bits per heavy atom. The van der Waals surface area contributed by atoms with Crippen LogP contribution in [-0.4, -0.2) is 47.5 Å². The molecule has 5 aromatic rings. The molecule has 0 atom stereocenters. The minimum atomic E-state index is -0.405. The van der Waals surface area contributed by atoms with Crippen LogP contribution in [0, 0.1) is 0 Å². The Morgan fingerprint density at radius 3 is 1.37 bits per heavy atom. The van der Waals surface area contributed by atoms with Gasteiger partial charge in [-0.3, -0.25) is 0 Å². The number of hydrogen-bond donors (Lipinski definition) is 2. The highest BCUT2D eigenvalue weighted by atomic mass is 16.5. The molecule has 0 aliphatic carbocycles. The Labute approximate surface area is 219 Å². The summed E-state index contributed by atoms with van der Waals surface area (Å²) in [6.07, 6.45) is 3.47. The van der Waals surface area contributed by atoms with Crippen LogP contribution in [0.15, 0.2) is 82.8 Å². The standard InChI is InChI=1S/C30H26N4O4/c1-3-37-29(35)25-21-9-5-7-11-23(21)27(33-25)31-17-19-13-15-20(16-14-19)18-32-28-24-12-8-6-10-22(24)26(34-28)30(36)38-4-2/h5-18,33-34H,3-4H2,1-2H3/b31-17+,32-18+. The van der Waals surface area contributed by atoms with Gasteiger partial charge in [0.1, 0.15) is 23.0 Å². The van der Waals surface area contributed by atoms with Crippen LogP contribution in [0.3, 0.4) is 0 Å². The Hall–Kier alpha value is -4.98. The summed E-state index contributed by atoms with van der Waals surface area (Å²) >= 11 is 0. The molecule has 3 aromatic carbocycles. The molecule has 190 valence electrons. The molecule has 0 bridgehead atoms. The van der Waals surface area contributed by atoms with E-state index in [1.165, 1.54) is 0 Å². The summed E-state index contributed by atoms with van der Waals surface area (Å²) in [4.78, 5) is 40.1. The van der Waals surface area contributed by atoms with E-state index in [4.69, 9.17) is 9.47 Å².